The second kappa shape index (κ2) is 8.52. The van der Waals surface area contributed by atoms with Gasteiger partial charge in [-0.15, -0.1) is 0 Å². The molecule has 0 unspecified atom stereocenters. The number of carbonyl (C=O) groups excluding carboxylic acids is 2. The van der Waals surface area contributed by atoms with Crippen molar-refractivity contribution in [2.24, 2.45) is 0 Å². The van der Waals surface area contributed by atoms with Gasteiger partial charge in [-0.1, -0.05) is 6.07 Å². The molecule has 2 amide bonds. The molecule has 2 N–H and O–H groups in total. The fourth-order valence-electron chi connectivity index (χ4n) is 1.77. The second-order valence-corrected chi connectivity index (χ2v) is 4.97. The summed E-state index contributed by atoms with van der Waals surface area (Å²) in [4.78, 5) is 23.5. The highest BCUT2D eigenvalue weighted by atomic mass is 19.4. The first-order valence-corrected chi connectivity index (χ1v) is 6.97. The van der Waals surface area contributed by atoms with Crippen molar-refractivity contribution in [1.82, 2.24) is 5.32 Å². The highest BCUT2D eigenvalue weighted by Gasteiger charge is 2.28. The summed E-state index contributed by atoms with van der Waals surface area (Å²) in [6.07, 6.45) is -3.68. The zero-order valence-corrected chi connectivity index (χ0v) is 12.9. The topological polar surface area (TPSA) is 67.4 Å². The molecule has 1 aromatic carbocycles. The van der Waals surface area contributed by atoms with Crippen molar-refractivity contribution in [2.75, 3.05) is 25.6 Å². The van der Waals surface area contributed by atoms with Crippen LogP contribution in [0.4, 0.5) is 18.9 Å². The lowest BCUT2D eigenvalue weighted by Crippen LogP contribution is -2.33. The monoisotopic (exact) mass is 332 g/mol. The number of nitrogens with one attached hydrogen (secondary N) is 2. The van der Waals surface area contributed by atoms with Crippen LogP contribution >= 0.6 is 0 Å². The smallest absolute Gasteiger partial charge is 0.385 e. The van der Waals surface area contributed by atoms with Crippen LogP contribution in [-0.2, 0) is 9.53 Å². The van der Waals surface area contributed by atoms with Crippen LogP contribution in [0.25, 0.3) is 0 Å². The van der Waals surface area contributed by atoms with E-state index in [-0.39, 0.29) is 17.9 Å². The maximum absolute atomic E-state index is 12.1. The Balaban J connectivity index is 2.71. The lowest BCUT2D eigenvalue weighted by atomic mass is 10.1. The number of carbonyl (C=O) groups is 2. The molecule has 0 aliphatic carbocycles. The molecule has 0 aliphatic heterocycles. The van der Waals surface area contributed by atoms with Crippen molar-refractivity contribution in [3.8, 4) is 0 Å². The minimum Gasteiger partial charge on any atom is -0.385 e. The van der Waals surface area contributed by atoms with Crippen LogP contribution in [-0.4, -0.2) is 38.3 Å². The molecule has 5 nitrogen and oxygen atoms in total. The van der Waals surface area contributed by atoms with Gasteiger partial charge >= 0.3 is 6.18 Å². The predicted octanol–water partition coefficient (Wildman–Crippen LogP) is 2.65. The van der Waals surface area contributed by atoms with Gasteiger partial charge in [0.15, 0.2) is 0 Å². The van der Waals surface area contributed by atoms with Crippen molar-refractivity contribution in [1.29, 1.82) is 0 Å². The molecule has 8 heteroatoms. The number of ether oxygens (including phenoxy) is 1. The number of alkyl halides is 3. The maximum Gasteiger partial charge on any atom is 0.405 e. The van der Waals surface area contributed by atoms with Crippen molar-refractivity contribution in [3.63, 3.8) is 0 Å². The van der Waals surface area contributed by atoms with Crippen LogP contribution in [0, 0.1) is 6.92 Å². The van der Waals surface area contributed by atoms with E-state index in [1.54, 1.807) is 18.3 Å². The SMILES string of the molecule is COCCCC(=O)Nc1cc(C(=O)NCC(F)(F)F)ccc1C. The van der Waals surface area contributed by atoms with Crippen LogP contribution in [0.5, 0.6) is 0 Å². The van der Waals surface area contributed by atoms with Crippen LogP contribution in [0.2, 0.25) is 0 Å². The fraction of sp³-hybridized carbons (Fsp3) is 0.467. The number of hydrogen-bond donors (Lipinski definition) is 2. The minimum absolute atomic E-state index is 0.0482. The Kier molecular flexibility index (Phi) is 7.02. The number of halogens is 3. The predicted molar refractivity (Wildman–Crippen MR) is 79.3 cm³/mol. The Morgan fingerprint density at radius 2 is 1.96 bits per heavy atom. The quantitative estimate of drug-likeness (QED) is 0.754. The molecule has 0 saturated carbocycles. The van der Waals surface area contributed by atoms with E-state index in [2.05, 4.69) is 5.32 Å². The Hall–Kier alpha value is -2.09. The lowest BCUT2D eigenvalue weighted by molar-refractivity contribution is -0.123. The van der Waals surface area contributed by atoms with Gasteiger partial charge in [-0.3, -0.25) is 9.59 Å². The molecule has 1 rings (SSSR count). The van der Waals surface area contributed by atoms with Gasteiger partial charge < -0.3 is 15.4 Å². The standard InChI is InChI=1S/C15H19F3N2O3/c1-10-5-6-11(14(22)19-9-15(16,17)18)8-12(10)20-13(21)4-3-7-23-2/h5-6,8H,3-4,7,9H2,1-2H3,(H,19,22)(H,20,21). The summed E-state index contributed by atoms with van der Waals surface area (Å²) in [5.74, 6) is -1.10. The van der Waals surface area contributed by atoms with E-state index in [9.17, 15) is 22.8 Å². The number of hydrogen-bond acceptors (Lipinski definition) is 3. The average molecular weight is 332 g/mol. The molecule has 0 spiro atoms. The molecular weight excluding hydrogens is 313 g/mol. The zero-order chi connectivity index (χ0) is 17.5. The summed E-state index contributed by atoms with van der Waals surface area (Å²) in [5, 5.41) is 4.43. The first-order valence-electron chi connectivity index (χ1n) is 6.97. The average Bonchev–Trinajstić information content (AvgIpc) is 2.46. The van der Waals surface area contributed by atoms with E-state index in [0.717, 1.165) is 0 Å². The Morgan fingerprint density at radius 3 is 2.57 bits per heavy atom. The van der Waals surface area contributed by atoms with Gasteiger partial charge in [-0.25, -0.2) is 0 Å². The number of benzene rings is 1. The van der Waals surface area contributed by atoms with Crippen molar-refractivity contribution in [2.45, 2.75) is 25.9 Å². The first kappa shape index (κ1) is 19.0. The number of aryl methyl sites for hydroxylation is 1. The zero-order valence-electron chi connectivity index (χ0n) is 12.9. The first-order chi connectivity index (χ1) is 10.7. The van der Waals surface area contributed by atoms with Crippen LogP contribution in [0.15, 0.2) is 18.2 Å². The van der Waals surface area contributed by atoms with E-state index >= 15 is 0 Å². The summed E-state index contributed by atoms with van der Waals surface area (Å²) in [7, 11) is 1.53. The van der Waals surface area contributed by atoms with Crippen LogP contribution in [0.1, 0.15) is 28.8 Å². The van der Waals surface area contributed by atoms with E-state index in [0.29, 0.717) is 24.3 Å². The molecule has 0 aromatic heterocycles. The minimum atomic E-state index is -4.47. The summed E-state index contributed by atoms with van der Waals surface area (Å²) in [6.45, 7) is 0.771. The molecule has 0 fully saturated rings. The second-order valence-electron chi connectivity index (χ2n) is 4.97. The third kappa shape index (κ3) is 7.14. The van der Waals surface area contributed by atoms with Crippen LogP contribution < -0.4 is 10.6 Å². The molecule has 0 aliphatic rings. The van der Waals surface area contributed by atoms with Gasteiger partial charge in [0.05, 0.1) is 0 Å². The lowest BCUT2D eigenvalue weighted by Gasteiger charge is -2.12. The molecule has 0 bridgehead atoms. The third-order valence-corrected chi connectivity index (χ3v) is 2.98. The van der Waals surface area contributed by atoms with Gasteiger partial charge in [0.2, 0.25) is 5.91 Å². The number of amides is 2. The van der Waals surface area contributed by atoms with Gasteiger partial charge in [-0.2, -0.15) is 13.2 Å². The van der Waals surface area contributed by atoms with Crippen molar-refractivity contribution >= 4 is 17.5 Å². The van der Waals surface area contributed by atoms with E-state index in [4.69, 9.17) is 4.74 Å². The molecule has 0 saturated heterocycles. The van der Waals surface area contributed by atoms with Crippen LogP contribution in [0.3, 0.4) is 0 Å². The molecule has 1 aromatic rings. The van der Waals surface area contributed by atoms with Gasteiger partial charge in [0.25, 0.3) is 5.91 Å². The normalized spacial score (nSPS) is 11.2. The Labute approximate surface area is 132 Å². The molecule has 23 heavy (non-hydrogen) atoms. The highest BCUT2D eigenvalue weighted by molar-refractivity contribution is 5.97. The number of anilines is 1. The molecule has 0 atom stereocenters. The largest absolute Gasteiger partial charge is 0.405 e. The van der Waals surface area contributed by atoms with Gasteiger partial charge in [0.1, 0.15) is 6.54 Å². The summed E-state index contributed by atoms with van der Waals surface area (Å²) in [6, 6.07) is 4.32. The number of methoxy groups -OCH3 is 1. The molecule has 0 radical (unpaired) electrons. The maximum atomic E-state index is 12.1. The van der Waals surface area contributed by atoms with Crippen molar-refractivity contribution < 1.29 is 27.5 Å². The molecule has 128 valence electrons. The molecular formula is C15H19F3N2O3. The molecule has 0 heterocycles. The summed E-state index contributed by atoms with van der Waals surface area (Å²) >= 11 is 0. The Morgan fingerprint density at radius 1 is 1.26 bits per heavy atom. The highest BCUT2D eigenvalue weighted by Crippen LogP contribution is 2.18. The summed E-state index contributed by atoms with van der Waals surface area (Å²) < 4.78 is 41.2. The fourth-order valence-corrected chi connectivity index (χ4v) is 1.77. The van der Waals surface area contributed by atoms with E-state index < -0.39 is 18.6 Å². The third-order valence-electron chi connectivity index (χ3n) is 2.98. The summed E-state index contributed by atoms with van der Waals surface area (Å²) in [5.41, 5.74) is 1.15. The number of rotatable bonds is 7. The van der Waals surface area contributed by atoms with E-state index in [1.807, 2.05) is 0 Å². The van der Waals surface area contributed by atoms with E-state index in [1.165, 1.54) is 19.2 Å². The Bertz CT molecular complexity index is 559. The van der Waals surface area contributed by atoms with Crippen molar-refractivity contribution in [3.05, 3.63) is 29.3 Å². The van der Waals surface area contributed by atoms with Gasteiger partial charge in [-0.05, 0) is 31.0 Å². The van der Waals surface area contributed by atoms with Gasteiger partial charge in [0, 0.05) is 31.4 Å².